The van der Waals surface area contributed by atoms with Crippen molar-refractivity contribution < 1.29 is 14.3 Å². The second kappa shape index (κ2) is 11.9. The van der Waals surface area contributed by atoms with Gasteiger partial charge in [0.15, 0.2) is 11.0 Å². The summed E-state index contributed by atoms with van der Waals surface area (Å²) in [6, 6.07) is 18.0. The number of nitrogens with one attached hydrogen (secondary N) is 1. The van der Waals surface area contributed by atoms with E-state index in [0.717, 1.165) is 16.9 Å². The molecule has 162 valence electrons. The Bertz CT molecular complexity index is 991. The van der Waals surface area contributed by atoms with Crippen LogP contribution in [0.3, 0.4) is 0 Å². The minimum atomic E-state index is -0.0826. The number of methoxy groups -OCH3 is 1. The number of carbonyl (C=O) groups excluding carboxylic acids is 1. The van der Waals surface area contributed by atoms with Crippen molar-refractivity contribution in [1.29, 1.82) is 0 Å². The molecule has 0 fully saturated rings. The maximum atomic E-state index is 11.9. The highest BCUT2D eigenvalue weighted by Crippen LogP contribution is 2.30. The number of carbonyl (C=O) groups is 1. The van der Waals surface area contributed by atoms with Crippen LogP contribution in [0.15, 0.2) is 72.4 Å². The van der Waals surface area contributed by atoms with Gasteiger partial charge in [-0.05, 0) is 11.6 Å². The average molecular weight is 439 g/mol. The number of aromatic nitrogens is 3. The van der Waals surface area contributed by atoms with Gasteiger partial charge in [-0.1, -0.05) is 66.4 Å². The fourth-order valence-electron chi connectivity index (χ4n) is 2.90. The smallest absolute Gasteiger partial charge is 0.230 e. The minimum Gasteiger partial charge on any atom is -0.485 e. The molecule has 0 bridgehead atoms. The van der Waals surface area contributed by atoms with Gasteiger partial charge < -0.3 is 19.4 Å². The fourth-order valence-corrected chi connectivity index (χ4v) is 3.71. The van der Waals surface area contributed by atoms with Gasteiger partial charge in [0.1, 0.15) is 12.4 Å². The van der Waals surface area contributed by atoms with E-state index in [2.05, 4.69) is 34.2 Å². The second-order valence-electron chi connectivity index (χ2n) is 6.58. The topological polar surface area (TPSA) is 78.3 Å². The lowest BCUT2D eigenvalue weighted by molar-refractivity contribution is -0.118. The molecule has 0 radical (unpaired) electrons. The summed E-state index contributed by atoms with van der Waals surface area (Å²) < 4.78 is 13.3. The van der Waals surface area contributed by atoms with E-state index in [9.17, 15) is 4.79 Å². The molecule has 8 heteroatoms. The molecule has 0 aliphatic heterocycles. The predicted octanol–water partition coefficient (Wildman–Crippen LogP) is 3.56. The van der Waals surface area contributed by atoms with E-state index >= 15 is 0 Å². The third kappa shape index (κ3) is 6.44. The van der Waals surface area contributed by atoms with Gasteiger partial charge in [-0.3, -0.25) is 4.79 Å². The zero-order chi connectivity index (χ0) is 21.9. The fraction of sp³-hybridized carbons (Fsp3) is 0.261. The molecule has 7 nitrogen and oxygen atoms in total. The molecule has 1 N–H and O–H groups in total. The van der Waals surface area contributed by atoms with Gasteiger partial charge >= 0.3 is 0 Å². The summed E-state index contributed by atoms with van der Waals surface area (Å²) in [5.74, 6) is 1.61. The van der Waals surface area contributed by atoms with Crippen molar-refractivity contribution in [2.24, 2.45) is 0 Å². The molecular weight excluding hydrogens is 412 g/mol. The Hall–Kier alpha value is -3.10. The van der Waals surface area contributed by atoms with Crippen LogP contribution in [0.2, 0.25) is 0 Å². The lowest BCUT2D eigenvalue weighted by Gasteiger charge is -2.13. The first-order valence-electron chi connectivity index (χ1n) is 9.91. The number of amides is 1. The van der Waals surface area contributed by atoms with E-state index in [-0.39, 0.29) is 18.3 Å². The van der Waals surface area contributed by atoms with Gasteiger partial charge in [0, 0.05) is 25.8 Å². The van der Waals surface area contributed by atoms with E-state index in [0.29, 0.717) is 30.7 Å². The third-order valence-corrected chi connectivity index (χ3v) is 5.38. The zero-order valence-electron chi connectivity index (χ0n) is 17.5. The Labute approximate surface area is 186 Å². The number of ether oxygens (including phenoxy) is 2. The molecule has 1 amide bonds. The first-order chi connectivity index (χ1) is 15.2. The number of hydrogen-bond acceptors (Lipinski definition) is 6. The molecule has 1 heterocycles. The number of thioether (sulfide) groups is 1. The molecule has 2 aromatic carbocycles. The Kier molecular flexibility index (Phi) is 8.69. The minimum absolute atomic E-state index is 0.0826. The van der Waals surface area contributed by atoms with Gasteiger partial charge in [-0.25, -0.2) is 0 Å². The molecule has 1 aromatic heterocycles. The number of para-hydroxylation sites is 1. The molecular formula is C23H26N4O3S. The molecule has 0 unspecified atom stereocenters. The molecule has 0 aliphatic rings. The van der Waals surface area contributed by atoms with Crippen molar-refractivity contribution in [1.82, 2.24) is 20.1 Å². The zero-order valence-corrected chi connectivity index (χ0v) is 18.3. The van der Waals surface area contributed by atoms with Gasteiger partial charge in [0.25, 0.3) is 0 Å². The highest BCUT2D eigenvalue weighted by Gasteiger charge is 2.15. The van der Waals surface area contributed by atoms with Gasteiger partial charge in [0.05, 0.1) is 12.4 Å². The van der Waals surface area contributed by atoms with E-state index < -0.39 is 0 Å². The standard InChI is InChI=1S/C23H26N4O3S/c1-3-13-24-22(28)17-31-23-26-25-21(27(23)14-15-29-2)16-30-20-12-8-7-11-19(20)18-9-5-4-6-10-18/h3-12H,1,13-17H2,2H3,(H,24,28). The van der Waals surface area contributed by atoms with Crippen molar-refractivity contribution in [2.45, 2.75) is 18.3 Å². The largest absolute Gasteiger partial charge is 0.485 e. The van der Waals surface area contributed by atoms with Crippen LogP contribution in [0.5, 0.6) is 5.75 Å². The third-order valence-electron chi connectivity index (χ3n) is 4.42. The van der Waals surface area contributed by atoms with Crippen molar-refractivity contribution in [3.63, 3.8) is 0 Å². The van der Waals surface area contributed by atoms with Crippen molar-refractivity contribution in [3.8, 4) is 16.9 Å². The first kappa shape index (κ1) is 22.6. The van der Waals surface area contributed by atoms with Crippen LogP contribution in [-0.4, -0.2) is 46.7 Å². The summed E-state index contributed by atoms with van der Waals surface area (Å²) in [7, 11) is 1.65. The van der Waals surface area contributed by atoms with Crippen LogP contribution in [0.25, 0.3) is 11.1 Å². The highest BCUT2D eigenvalue weighted by molar-refractivity contribution is 7.99. The lowest BCUT2D eigenvalue weighted by Crippen LogP contribution is -2.25. The van der Waals surface area contributed by atoms with Gasteiger partial charge in [-0.15, -0.1) is 16.8 Å². The number of hydrogen-bond donors (Lipinski definition) is 1. The summed E-state index contributed by atoms with van der Waals surface area (Å²) in [5, 5.41) is 12.0. The van der Waals surface area contributed by atoms with Crippen LogP contribution < -0.4 is 10.1 Å². The second-order valence-corrected chi connectivity index (χ2v) is 7.52. The maximum absolute atomic E-state index is 11.9. The van der Waals surface area contributed by atoms with Crippen molar-refractivity contribution in [2.75, 3.05) is 26.0 Å². The van der Waals surface area contributed by atoms with Gasteiger partial charge in [-0.2, -0.15) is 0 Å². The maximum Gasteiger partial charge on any atom is 0.230 e. The predicted molar refractivity (Wildman–Crippen MR) is 122 cm³/mol. The molecule has 0 spiro atoms. The van der Waals surface area contributed by atoms with E-state index in [4.69, 9.17) is 9.47 Å². The van der Waals surface area contributed by atoms with Crippen LogP contribution >= 0.6 is 11.8 Å². The number of rotatable bonds is 12. The number of benzene rings is 2. The molecule has 0 atom stereocenters. The summed E-state index contributed by atoms with van der Waals surface area (Å²) in [5.41, 5.74) is 2.10. The van der Waals surface area contributed by atoms with E-state index in [1.54, 1.807) is 13.2 Å². The molecule has 0 saturated carbocycles. The van der Waals surface area contributed by atoms with E-state index in [1.165, 1.54) is 11.8 Å². The van der Waals surface area contributed by atoms with Crippen LogP contribution in [-0.2, 0) is 22.7 Å². The lowest BCUT2D eigenvalue weighted by atomic mass is 10.1. The molecule has 3 rings (SSSR count). The first-order valence-corrected chi connectivity index (χ1v) is 10.9. The summed E-state index contributed by atoms with van der Waals surface area (Å²) in [4.78, 5) is 11.9. The van der Waals surface area contributed by atoms with Crippen LogP contribution in [0, 0.1) is 0 Å². The summed E-state index contributed by atoms with van der Waals surface area (Å²) in [6.45, 7) is 5.36. The monoisotopic (exact) mass is 438 g/mol. The molecule has 0 saturated heterocycles. The van der Waals surface area contributed by atoms with Crippen LogP contribution in [0.4, 0.5) is 0 Å². The summed E-state index contributed by atoms with van der Waals surface area (Å²) in [6.07, 6.45) is 1.65. The SMILES string of the molecule is C=CCNC(=O)CSc1nnc(COc2ccccc2-c2ccccc2)n1CCOC. The molecule has 3 aromatic rings. The van der Waals surface area contributed by atoms with Gasteiger partial charge in [0.2, 0.25) is 5.91 Å². The average Bonchev–Trinajstić information content (AvgIpc) is 3.20. The normalized spacial score (nSPS) is 10.6. The number of nitrogens with zero attached hydrogens (tertiary/aromatic N) is 3. The Morgan fingerprint density at radius 1 is 1.16 bits per heavy atom. The van der Waals surface area contributed by atoms with Crippen molar-refractivity contribution >= 4 is 17.7 Å². The molecule has 0 aliphatic carbocycles. The molecule has 31 heavy (non-hydrogen) atoms. The summed E-state index contributed by atoms with van der Waals surface area (Å²) >= 11 is 1.33. The van der Waals surface area contributed by atoms with Crippen LogP contribution in [0.1, 0.15) is 5.82 Å². The van der Waals surface area contributed by atoms with E-state index in [1.807, 2.05) is 47.0 Å². The van der Waals surface area contributed by atoms with Crippen molar-refractivity contribution in [3.05, 3.63) is 73.1 Å². The Balaban J connectivity index is 1.72. The quantitative estimate of drug-likeness (QED) is 0.344. The Morgan fingerprint density at radius 3 is 2.71 bits per heavy atom. The highest BCUT2D eigenvalue weighted by atomic mass is 32.2. The Morgan fingerprint density at radius 2 is 1.94 bits per heavy atom.